The van der Waals surface area contributed by atoms with Crippen molar-refractivity contribution in [1.29, 1.82) is 0 Å². The Hall–Kier alpha value is -1.33. The van der Waals surface area contributed by atoms with Crippen LogP contribution >= 0.6 is 0 Å². The lowest BCUT2D eigenvalue weighted by Crippen LogP contribution is -2.43. The van der Waals surface area contributed by atoms with Crippen LogP contribution in [0.2, 0.25) is 0 Å². The van der Waals surface area contributed by atoms with Crippen LogP contribution in [0.3, 0.4) is 0 Å². The van der Waals surface area contributed by atoms with Crippen molar-refractivity contribution in [1.82, 2.24) is 5.32 Å². The zero-order valence-corrected chi connectivity index (χ0v) is 13.7. The topological polar surface area (TPSA) is 71.7 Å². The highest BCUT2D eigenvalue weighted by molar-refractivity contribution is 5.80. The molecule has 2 atom stereocenters. The van der Waals surface area contributed by atoms with Crippen LogP contribution in [0.1, 0.15) is 50.7 Å². The zero-order valence-electron chi connectivity index (χ0n) is 13.7. The minimum Gasteiger partial charge on any atom is -0.466 e. The molecule has 0 aliphatic heterocycles. The number of ether oxygens (including phenoxy) is 1. The number of carbonyl (C=O) groups is 1. The first-order valence-corrected chi connectivity index (χ1v) is 7.47. The van der Waals surface area contributed by atoms with E-state index in [4.69, 9.17) is 9.15 Å². The van der Waals surface area contributed by atoms with E-state index in [1.807, 2.05) is 6.92 Å². The molecule has 1 rings (SSSR count). The van der Waals surface area contributed by atoms with Crippen LogP contribution in [0.5, 0.6) is 0 Å². The van der Waals surface area contributed by atoms with Crippen LogP contribution in [-0.4, -0.2) is 30.3 Å². The van der Waals surface area contributed by atoms with Crippen molar-refractivity contribution in [3.05, 3.63) is 23.2 Å². The summed E-state index contributed by atoms with van der Waals surface area (Å²) in [4.78, 5) is 11.9. The van der Waals surface area contributed by atoms with Gasteiger partial charge in [-0.15, -0.1) is 0 Å². The monoisotopic (exact) mass is 297 g/mol. The largest absolute Gasteiger partial charge is 0.466 e. The summed E-state index contributed by atoms with van der Waals surface area (Å²) in [6.45, 7) is 9.76. The SMILES string of the molecule is CCCCOC(C)C(=O)NCC(C)(O)c1cc(C)oc1C. The Morgan fingerprint density at radius 2 is 2.19 bits per heavy atom. The van der Waals surface area contributed by atoms with E-state index in [-0.39, 0.29) is 12.5 Å². The van der Waals surface area contributed by atoms with Crippen LogP contribution in [0.25, 0.3) is 0 Å². The standard InChI is InChI=1S/C16H27NO4/c1-6-7-8-20-13(4)15(18)17-10-16(5,19)14-9-11(2)21-12(14)3/h9,13,19H,6-8,10H2,1-5H3,(H,17,18). The Labute approximate surface area is 126 Å². The van der Waals surface area contributed by atoms with Gasteiger partial charge in [0, 0.05) is 12.2 Å². The van der Waals surface area contributed by atoms with Gasteiger partial charge in [-0.1, -0.05) is 13.3 Å². The van der Waals surface area contributed by atoms with Crippen LogP contribution in [0, 0.1) is 13.8 Å². The number of aliphatic hydroxyl groups is 1. The smallest absolute Gasteiger partial charge is 0.248 e. The Morgan fingerprint density at radius 3 is 2.71 bits per heavy atom. The number of carbonyl (C=O) groups excluding carboxylic acids is 1. The van der Waals surface area contributed by atoms with Gasteiger partial charge < -0.3 is 19.6 Å². The lowest BCUT2D eigenvalue weighted by molar-refractivity contribution is -0.133. The molecular weight excluding hydrogens is 270 g/mol. The third kappa shape index (κ3) is 5.17. The quantitative estimate of drug-likeness (QED) is 0.723. The van der Waals surface area contributed by atoms with Gasteiger partial charge in [0.25, 0.3) is 0 Å². The number of aryl methyl sites for hydroxylation is 2. The highest BCUT2D eigenvalue weighted by Gasteiger charge is 2.29. The molecule has 1 amide bonds. The van der Waals surface area contributed by atoms with Crippen molar-refractivity contribution in [2.75, 3.05) is 13.2 Å². The van der Waals surface area contributed by atoms with Gasteiger partial charge in [0.05, 0.1) is 6.54 Å². The molecule has 2 N–H and O–H groups in total. The van der Waals surface area contributed by atoms with Crippen molar-refractivity contribution >= 4 is 5.91 Å². The first-order valence-electron chi connectivity index (χ1n) is 7.47. The number of furan rings is 1. The van der Waals surface area contributed by atoms with Crippen molar-refractivity contribution < 1.29 is 19.1 Å². The van der Waals surface area contributed by atoms with Crippen LogP contribution < -0.4 is 5.32 Å². The summed E-state index contributed by atoms with van der Waals surface area (Å²) in [5.41, 5.74) is -0.472. The van der Waals surface area contributed by atoms with Crippen molar-refractivity contribution in [3.8, 4) is 0 Å². The van der Waals surface area contributed by atoms with E-state index in [1.54, 1.807) is 26.8 Å². The third-order valence-corrected chi connectivity index (χ3v) is 3.46. The maximum Gasteiger partial charge on any atom is 0.248 e. The molecule has 0 fully saturated rings. The molecule has 0 bridgehead atoms. The molecular formula is C16H27NO4. The number of hydrogen-bond donors (Lipinski definition) is 2. The van der Waals surface area contributed by atoms with Crippen molar-refractivity contribution in [2.45, 2.75) is 59.2 Å². The molecule has 0 aliphatic carbocycles. The van der Waals surface area contributed by atoms with E-state index in [0.29, 0.717) is 17.9 Å². The average Bonchev–Trinajstić information content (AvgIpc) is 2.76. The van der Waals surface area contributed by atoms with Crippen LogP contribution in [-0.2, 0) is 15.1 Å². The fourth-order valence-corrected chi connectivity index (χ4v) is 2.14. The molecule has 1 heterocycles. The molecule has 0 radical (unpaired) electrons. The minimum atomic E-state index is -1.17. The Morgan fingerprint density at radius 1 is 1.52 bits per heavy atom. The summed E-state index contributed by atoms with van der Waals surface area (Å²) in [5, 5.41) is 13.2. The van der Waals surface area contributed by atoms with E-state index in [9.17, 15) is 9.90 Å². The maximum absolute atomic E-state index is 11.9. The predicted molar refractivity (Wildman–Crippen MR) is 81.1 cm³/mol. The molecule has 5 nitrogen and oxygen atoms in total. The molecule has 5 heteroatoms. The van der Waals surface area contributed by atoms with E-state index in [1.165, 1.54) is 0 Å². The second-order valence-electron chi connectivity index (χ2n) is 5.69. The first kappa shape index (κ1) is 17.7. The second kappa shape index (κ2) is 7.61. The van der Waals surface area contributed by atoms with Gasteiger partial charge in [-0.3, -0.25) is 4.79 Å². The molecule has 1 aromatic heterocycles. The third-order valence-electron chi connectivity index (χ3n) is 3.46. The van der Waals surface area contributed by atoms with Gasteiger partial charge in [0.1, 0.15) is 23.2 Å². The number of rotatable bonds is 8. The predicted octanol–water partition coefficient (Wildman–Crippen LogP) is 2.43. The summed E-state index contributed by atoms with van der Waals surface area (Å²) in [7, 11) is 0. The van der Waals surface area contributed by atoms with E-state index in [0.717, 1.165) is 18.6 Å². The molecule has 0 saturated heterocycles. The van der Waals surface area contributed by atoms with E-state index < -0.39 is 11.7 Å². The molecule has 1 aromatic rings. The molecule has 0 saturated carbocycles. The molecule has 0 aromatic carbocycles. The first-order chi connectivity index (χ1) is 9.77. The average molecular weight is 297 g/mol. The number of hydrogen-bond acceptors (Lipinski definition) is 4. The lowest BCUT2D eigenvalue weighted by atomic mass is 9.96. The molecule has 2 unspecified atom stereocenters. The van der Waals surface area contributed by atoms with E-state index >= 15 is 0 Å². The van der Waals surface area contributed by atoms with Crippen molar-refractivity contribution in [2.24, 2.45) is 0 Å². The molecule has 0 spiro atoms. The van der Waals surface area contributed by atoms with Gasteiger partial charge in [-0.05, 0) is 40.2 Å². The number of amides is 1. The highest BCUT2D eigenvalue weighted by Crippen LogP contribution is 2.26. The lowest BCUT2D eigenvalue weighted by Gasteiger charge is -2.24. The zero-order chi connectivity index (χ0) is 16.0. The number of unbranched alkanes of at least 4 members (excludes halogenated alkanes) is 1. The summed E-state index contributed by atoms with van der Waals surface area (Å²) in [5.74, 6) is 1.19. The summed E-state index contributed by atoms with van der Waals surface area (Å²) >= 11 is 0. The molecule has 21 heavy (non-hydrogen) atoms. The second-order valence-corrected chi connectivity index (χ2v) is 5.69. The Balaban J connectivity index is 2.53. The maximum atomic E-state index is 11.9. The number of nitrogens with one attached hydrogen (secondary N) is 1. The molecule has 120 valence electrons. The van der Waals surface area contributed by atoms with Gasteiger partial charge in [-0.2, -0.15) is 0 Å². The van der Waals surface area contributed by atoms with Crippen LogP contribution in [0.15, 0.2) is 10.5 Å². The summed E-state index contributed by atoms with van der Waals surface area (Å²) in [6.07, 6.45) is 1.45. The fraction of sp³-hybridized carbons (Fsp3) is 0.688. The summed E-state index contributed by atoms with van der Waals surface area (Å²) < 4.78 is 10.9. The molecule has 0 aliphatic rings. The van der Waals surface area contributed by atoms with Gasteiger partial charge in [0.15, 0.2) is 0 Å². The Kier molecular flexibility index (Phi) is 6.42. The normalized spacial score (nSPS) is 15.5. The highest BCUT2D eigenvalue weighted by atomic mass is 16.5. The van der Waals surface area contributed by atoms with Gasteiger partial charge in [-0.25, -0.2) is 0 Å². The van der Waals surface area contributed by atoms with Crippen LogP contribution in [0.4, 0.5) is 0 Å². The van der Waals surface area contributed by atoms with E-state index in [2.05, 4.69) is 12.2 Å². The fourth-order valence-electron chi connectivity index (χ4n) is 2.14. The Bertz CT molecular complexity index is 465. The summed E-state index contributed by atoms with van der Waals surface area (Å²) in [6, 6.07) is 1.79. The van der Waals surface area contributed by atoms with Crippen molar-refractivity contribution in [3.63, 3.8) is 0 Å². The van der Waals surface area contributed by atoms with Gasteiger partial charge in [0.2, 0.25) is 5.91 Å². The van der Waals surface area contributed by atoms with Gasteiger partial charge >= 0.3 is 0 Å². The minimum absolute atomic E-state index is 0.118.